The van der Waals surface area contributed by atoms with E-state index in [0.29, 0.717) is 12.8 Å². The summed E-state index contributed by atoms with van der Waals surface area (Å²) in [6.07, 6.45) is 3.14. The number of nitrogens with zero attached hydrogens (tertiary/aromatic N) is 3. The molecule has 0 aliphatic carbocycles. The van der Waals surface area contributed by atoms with Crippen LogP contribution in [0.2, 0.25) is 0 Å². The summed E-state index contributed by atoms with van der Waals surface area (Å²) in [6.45, 7) is 8.54. The largest absolute Gasteiger partial charge is 0.454 e. The fourth-order valence-corrected chi connectivity index (χ4v) is 5.31. The first kappa shape index (κ1) is 23.8. The Morgan fingerprint density at radius 3 is 2.59 bits per heavy atom. The van der Waals surface area contributed by atoms with Gasteiger partial charge >= 0.3 is 0 Å². The summed E-state index contributed by atoms with van der Waals surface area (Å²) in [5.41, 5.74) is 1.29. The molecule has 0 saturated carbocycles. The molecule has 1 N–H and O–H groups in total. The van der Waals surface area contributed by atoms with Gasteiger partial charge in [0.05, 0.1) is 13.2 Å². The van der Waals surface area contributed by atoms with Crippen molar-refractivity contribution in [2.45, 2.75) is 30.7 Å². The highest BCUT2D eigenvalue weighted by Crippen LogP contribution is 2.40. The third-order valence-corrected chi connectivity index (χ3v) is 7.26. The van der Waals surface area contributed by atoms with E-state index >= 15 is 0 Å². The molecule has 1 atom stereocenters. The van der Waals surface area contributed by atoms with Crippen LogP contribution in [0.3, 0.4) is 0 Å². The number of benzene rings is 1. The molecule has 0 radical (unpaired) electrons. The van der Waals surface area contributed by atoms with E-state index in [9.17, 15) is 0 Å². The summed E-state index contributed by atoms with van der Waals surface area (Å²) < 4.78 is 22.4. The van der Waals surface area contributed by atoms with Crippen molar-refractivity contribution in [3.8, 4) is 11.5 Å². The molecule has 0 amide bonds. The van der Waals surface area contributed by atoms with Crippen LogP contribution in [-0.2, 0) is 14.9 Å². The van der Waals surface area contributed by atoms with Gasteiger partial charge in [0.2, 0.25) is 6.79 Å². The van der Waals surface area contributed by atoms with E-state index in [1.165, 1.54) is 12.0 Å². The van der Waals surface area contributed by atoms with Gasteiger partial charge in [-0.2, -0.15) is 0 Å². The van der Waals surface area contributed by atoms with Crippen molar-refractivity contribution in [2.75, 3.05) is 73.0 Å². The molecular weight excluding hydrogens is 523 g/mol. The van der Waals surface area contributed by atoms with Crippen LogP contribution in [0.1, 0.15) is 24.8 Å². The van der Waals surface area contributed by atoms with Crippen LogP contribution in [0.4, 0.5) is 0 Å². The molecule has 178 valence electrons. The van der Waals surface area contributed by atoms with Crippen LogP contribution >= 0.6 is 24.0 Å². The number of likely N-dealkylation sites (tertiary alicyclic amines) is 1. The quantitative estimate of drug-likeness (QED) is 0.345. The van der Waals surface area contributed by atoms with E-state index in [1.54, 1.807) is 0 Å². The standard InChI is InChI=1S/C23H34N4O4.HI/c1-24-22(27-7-4-19(15-27)26-8-12-29-13-9-26)25-16-23(5-10-28-11-6-23)18-2-3-20-21(14-18)31-17-30-20;/h2-3,14,19H,4-13,15-17H2,1H3,(H,24,25);1H. The highest BCUT2D eigenvalue weighted by atomic mass is 127. The smallest absolute Gasteiger partial charge is 0.231 e. The van der Waals surface area contributed by atoms with Gasteiger partial charge in [0, 0.05) is 64.4 Å². The number of rotatable bonds is 4. The maximum Gasteiger partial charge on any atom is 0.231 e. The minimum absolute atomic E-state index is 0. The van der Waals surface area contributed by atoms with Crippen molar-refractivity contribution in [3.05, 3.63) is 23.8 Å². The van der Waals surface area contributed by atoms with Crippen LogP contribution in [0.25, 0.3) is 0 Å². The SMILES string of the molecule is CN=C(NCC1(c2ccc3c(c2)OCO3)CCOCC1)N1CCC(N2CCOCC2)C1.I. The second kappa shape index (κ2) is 10.8. The number of halogens is 1. The Labute approximate surface area is 207 Å². The molecule has 0 spiro atoms. The number of aliphatic imine (C=N–C) groups is 1. The van der Waals surface area contributed by atoms with Crippen LogP contribution in [0, 0.1) is 0 Å². The van der Waals surface area contributed by atoms with Gasteiger partial charge in [-0.15, -0.1) is 24.0 Å². The second-order valence-corrected chi connectivity index (χ2v) is 8.90. The summed E-state index contributed by atoms with van der Waals surface area (Å²) in [5, 5.41) is 3.72. The molecular formula is C23H35IN4O4. The summed E-state index contributed by atoms with van der Waals surface area (Å²) in [4.78, 5) is 9.61. The molecule has 1 aromatic rings. The van der Waals surface area contributed by atoms with Crippen molar-refractivity contribution < 1.29 is 18.9 Å². The van der Waals surface area contributed by atoms with Gasteiger partial charge in [-0.1, -0.05) is 6.07 Å². The summed E-state index contributed by atoms with van der Waals surface area (Å²) in [7, 11) is 1.89. The van der Waals surface area contributed by atoms with Crippen molar-refractivity contribution in [1.29, 1.82) is 0 Å². The van der Waals surface area contributed by atoms with E-state index < -0.39 is 0 Å². The van der Waals surface area contributed by atoms with Crippen molar-refractivity contribution in [1.82, 2.24) is 15.1 Å². The molecule has 4 aliphatic heterocycles. The van der Waals surface area contributed by atoms with Gasteiger partial charge in [0.15, 0.2) is 17.5 Å². The van der Waals surface area contributed by atoms with Crippen molar-refractivity contribution >= 4 is 29.9 Å². The monoisotopic (exact) mass is 558 g/mol. The van der Waals surface area contributed by atoms with E-state index in [4.69, 9.17) is 18.9 Å². The van der Waals surface area contributed by atoms with Gasteiger partial charge in [-0.25, -0.2) is 0 Å². The second-order valence-electron chi connectivity index (χ2n) is 8.90. The van der Waals surface area contributed by atoms with Gasteiger partial charge < -0.3 is 29.2 Å². The molecule has 0 aromatic heterocycles. The number of nitrogens with one attached hydrogen (secondary N) is 1. The Hall–Kier alpha value is -1.30. The predicted octanol–water partition coefficient (Wildman–Crippen LogP) is 2.06. The third-order valence-electron chi connectivity index (χ3n) is 7.26. The Balaban J connectivity index is 0.00000245. The first-order valence-electron chi connectivity index (χ1n) is 11.5. The van der Waals surface area contributed by atoms with Gasteiger partial charge in [0.25, 0.3) is 0 Å². The van der Waals surface area contributed by atoms with E-state index in [0.717, 1.165) is 89.5 Å². The van der Waals surface area contributed by atoms with E-state index in [2.05, 4.69) is 32.2 Å². The zero-order chi connectivity index (χ0) is 21.1. The Morgan fingerprint density at radius 1 is 1.06 bits per heavy atom. The van der Waals surface area contributed by atoms with Crippen LogP contribution in [0.15, 0.2) is 23.2 Å². The van der Waals surface area contributed by atoms with Crippen molar-refractivity contribution in [3.63, 3.8) is 0 Å². The van der Waals surface area contributed by atoms with Crippen LogP contribution in [-0.4, -0.2) is 94.8 Å². The van der Waals surface area contributed by atoms with E-state index in [-0.39, 0.29) is 29.4 Å². The molecule has 8 nitrogen and oxygen atoms in total. The molecule has 1 aromatic carbocycles. The molecule has 1 unspecified atom stereocenters. The lowest BCUT2D eigenvalue weighted by atomic mass is 9.74. The molecule has 3 saturated heterocycles. The first-order valence-corrected chi connectivity index (χ1v) is 11.5. The average molecular weight is 558 g/mol. The number of fused-ring (bicyclic) bond motifs is 1. The third kappa shape index (κ3) is 4.95. The average Bonchev–Trinajstić information content (AvgIpc) is 3.50. The normalized spacial score (nSPS) is 25.5. The minimum Gasteiger partial charge on any atom is -0.454 e. The van der Waals surface area contributed by atoms with Gasteiger partial charge in [0.1, 0.15) is 0 Å². The molecule has 4 aliphatic rings. The molecule has 5 rings (SSSR count). The minimum atomic E-state index is -0.00148. The molecule has 4 heterocycles. The zero-order valence-electron chi connectivity index (χ0n) is 18.9. The lowest BCUT2D eigenvalue weighted by Crippen LogP contribution is -2.50. The summed E-state index contributed by atoms with van der Waals surface area (Å²) >= 11 is 0. The predicted molar refractivity (Wildman–Crippen MR) is 133 cm³/mol. The zero-order valence-corrected chi connectivity index (χ0v) is 21.2. The molecule has 32 heavy (non-hydrogen) atoms. The highest BCUT2D eigenvalue weighted by molar-refractivity contribution is 14.0. The lowest BCUT2D eigenvalue weighted by molar-refractivity contribution is 0.0194. The maximum absolute atomic E-state index is 5.71. The Kier molecular flexibility index (Phi) is 8.01. The highest BCUT2D eigenvalue weighted by Gasteiger charge is 2.37. The fraction of sp³-hybridized carbons (Fsp3) is 0.696. The van der Waals surface area contributed by atoms with Crippen molar-refractivity contribution in [2.24, 2.45) is 4.99 Å². The number of guanidine groups is 1. The Morgan fingerprint density at radius 2 is 1.81 bits per heavy atom. The van der Waals surface area contributed by atoms with Crippen LogP contribution in [0.5, 0.6) is 11.5 Å². The topological polar surface area (TPSA) is 67.8 Å². The number of ether oxygens (including phenoxy) is 4. The molecule has 9 heteroatoms. The van der Waals surface area contributed by atoms with Gasteiger partial charge in [-0.3, -0.25) is 9.89 Å². The molecule has 3 fully saturated rings. The first-order chi connectivity index (χ1) is 15.3. The summed E-state index contributed by atoms with van der Waals surface area (Å²) in [6, 6.07) is 6.97. The summed E-state index contributed by atoms with van der Waals surface area (Å²) in [5.74, 6) is 2.68. The maximum atomic E-state index is 5.71. The van der Waals surface area contributed by atoms with E-state index in [1.807, 2.05) is 13.1 Å². The number of morpholine rings is 1. The van der Waals surface area contributed by atoms with Gasteiger partial charge in [-0.05, 0) is 37.0 Å². The number of hydrogen-bond donors (Lipinski definition) is 1. The molecule has 0 bridgehead atoms. The lowest BCUT2D eigenvalue weighted by Gasteiger charge is -2.39. The Bertz CT molecular complexity index is 796. The van der Waals surface area contributed by atoms with Crippen LogP contribution < -0.4 is 14.8 Å². The number of hydrogen-bond acceptors (Lipinski definition) is 6. The fourth-order valence-electron chi connectivity index (χ4n) is 5.31.